The lowest BCUT2D eigenvalue weighted by Gasteiger charge is -2.11. The van der Waals surface area contributed by atoms with Crippen LogP contribution in [-0.2, 0) is 11.3 Å². The van der Waals surface area contributed by atoms with E-state index in [0.29, 0.717) is 39.3 Å². The number of nitrogens with zero attached hydrogens (tertiary/aromatic N) is 3. The van der Waals surface area contributed by atoms with Crippen LogP contribution in [0.3, 0.4) is 0 Å². The molecular formula is C23H20N4O5S. The Labute approximate surface area is 192 Å². The van der Waals surface area contributed by atoms with Crippen LogP contribution in [0, 0.1) is 6.92 Å². The van der Waals surface area contributed by atoms with Crippen molar-refractivity contribution in [1.29, 1.82) is 0 Å². The van der Waals surface area contributed by atoms with Crippen LogP contribution in [0.5, 0.6) is 5.75 Å². The molecule has 10 heteroatoms. The van der Waals surface area contributed by atoms with Crippen LogP contribution in [0.2, 0.25) is 0 Å². The summed E-state index contributed by atoms with van der Waals surface area (Å²) in [5.74, 6) is -0.364. The number of esters is 1. The predicted octanol–water partition coefficient (Wildman–Crippen LogP) is 3.47. The number of hydrogen-bond acceptors (Lipinski definition) is 8. The van der Waals surface area contributed by atoms with E-state index < -0.39 is 5.97 Å². The summed E-state index contributed by atoms with van der Waals surface area (Å²) in [6.07, 6.45) is 0. The monoisotopic (exact) mass is 464 g/mol. The van der Waals surface area contributed by atoms with Gasteiger partial charge < -0.3 is 14.8 Å². The minimum Gasteiger partial charge on any atom is -0.494 e. The third kappa shape index (κ3) is 5.07. The fourth-order valence-electron chi connectivity index (χ4n) is 3.08. The summed E-state index contributed by atoms with van der Waals surface area (Å²) in [4.78, 5) is 42.3. The molecule has 1 amide bonds. The molecule has 2 aromatic heterocycles. The van der Waals surface area contributed by atoms with Gasteiger partial charge in [-0.1, -0.05) is 23.5 Å². The van der Waals surface area contributed by atoms with Crippen molar-refractivity contribution in [3.05, 3.63) is 86.8 Å². The Morgan fingerprint density at radius 2 is 1.88 bits per heavy atom. The molecule has 168 valence electrons. The van der Waals surface area contributed by atoms with Crippen molar-refractivity contribution in [2.24, 2.45) is 0 Å². The first-order chi connectivity index (χ1) is 15.9. The number of aromatic nitrogens is 3. The molecular weight excluding hydrogens is 444 g/mol. The van der Waals surface area contributed by atoms with Gasteiger partial charge in [0.15, 0.2) is 0 Å². The zero-order valence-corrected chi connectivity index (χ0v) is 18.7. The number of para-hydroxylation sites is 1. The molecule has 9 nitrogen and oxygen atoms in total. The molecule has 4 aromatic rings. The fourth-order valence-corrected chi connectivity index (χ4v) is 3.84. The molecule has 0 aliphatic heterocycles. The second kappa shape index (κ2) is 9.61. The van der Waals surface area contributed by atoms with Crippen LogP contribution in [0.15, 0.2) is 59.4 Å². The summed E-state index contributed by atoms with van der Waals surface area (Å²) in [5, 5.41) is 7.52. The maximum absolute atomic E-state index is 12.7. The van der Waals surface area contributed by atoms with Gasteiger partial charge in [-0.3, -0.25) is 9.59 Å². The van der Waals surface area contributed by atoms with Gasteiger partial charge >= 0.3 is 5.97 Å². The van der Waals surface area contributed by atoms with Crippen molar-refractivity contribution in [2.45, 2.75) is 20.5 Å². The molecule has 0 saturated carbocycles. The van der Waals surface area contributed by atoms with E-state index in [2.05, 4.69) is 15.4 Å². The lowest BCUT2D eigenvalue weighted by molar-refractivity contribution is 0.0469. The van der Waals surface area contributed by atoms with E-state index in [9.17, 15) is 14.4 Å². The van der Waals surface area contributed by atoms with E-state index in [0.717, 1.165) is 0 Å². The maximum Gasteiger partial charge on any atom is 0.340 e. The molecule has 0 atom stereocenters. The summed E-state index contributed by atoms with van der Waals surface area (Å²) in [7, 11) is 0. The number of nitrogens with one attached hydrogen (secondary N) is 1. The lowest BCUT2D eigenvalue weighted by Crippen LogP contribution is -2.18. The number of anilines is 1. The van der Waals surface area contributed by atoms with Gasteiger partial charge in [-0.05, 0) is 50.2 Å². The number of hydrogen-bond donors (Lipinski definition) is 1. The number of ether oxygens (including phenoxy) is 2. The van der Waals surface area contributed by atoms with Gasteiger partial charge in [-0.25, -0.2) is 9.78 Å². The van der Waals surface area contributed by atoms with Gasteiger partial charge in [0.25, 0.3) is 11.5 Å². The molecule has 1 N–H and O–H groups in total. The summed E-state index contributed by atoms with van der Waals surface area (Å²) in [5.41, 5.74) is 0.872. The number of benzene rings is 2. The zero-order valence-electron chi connectivity index (χ0n) is 17.9. The van der Waals surface area contributed by atoms with E-state index in [-0.39, 0.29) is 23.6 Å². The van der Waals surface area contributed by atoms with E-state index in [1.165, 1.54) is 21.9 Å². The van der Waals surface area contributed by atoms with Crippen LogP contribution in [0.1, 0.15) is 38.3 Å². The van der Waals surface area contributed by atoms with Gasteiger partial charge in [0.2, 0.25) is 4.96 Å². The normalized spacial score (nSPS) is 10.7. The first-order valence-electron chi connectivity index (χ1n) is 10.1. The second-order valence-electron chi connectivity index (χ2n) is 6.93. The zero-order chi connectivity index (χ0) is 23.4. The smallest absolute Gasteiger partial charge is 0.340 e. The average molecular weight is 465 g/mol. The summed E-state index contributed by atoms with van der Waals surface area (Å²) >= 11 is 1.27. The van der Waals surface area contributed by atoms with Crippen molar-refractivity contribution >= 4 is 33.9 Å². The molecule has 2 heterocycles. The third-order valence-electron chi connectivity index (χ3n) is 4.57. The highest BCUT2D eigenvalue weighted by atomic mass is 32.1. The van der Waals surface area contributed by atoms with E-state index in [1.807, 2.05) is 6.92 Å². The molecule has 0 aliphatic carbocycles. The van der Waals surface area contributed by atoms with Crippen molar-refractivity contribution in [3.63, 3.8) is 0 Å². The largest absolute Gasteiger partial charge is 0.494 e. The molecule has 0 bridgehead atoms. The number of carbonyl (C=O) groups excluding carboxylic acids is 2. The molecule has 2 aromatic carbocycles. The van der Waals surface area contributed by atoms with Gasteiger partial charge in [-0.2, -0.15) is 9.61 Å². The Morgan fingerprint density at radius 1 is 1.12 bits per heavy atom. The SMILES string of the molecule is CCOc1ccc(C(=O)Nc2ccccc2C(=O)OCc2cc(=O)n3nc(C)sc3n2)cc1. The number of rotatable bonds is 7. The first-order valence-corrected chi connectivity index (χ1v) is 10.9. The van der Waals surface area contributed by atoms with Crippen LogP contribution in [-0.4, -0.2) is 33.1 Å². The predicted molar refractivity (Wildman–Crippen MR) is 123 cm³/mol. The quantitative estimate of drug-likeness (QED) is 0.417. The number of amides is 1. The summed E-state index contributed by atoms with van der Waals surface area (Å²) < 4.78 is 12.0. The van der Waals surface area contributed by atoms with Gasteiger partial charge in [-0.15, -0.1) is 0 Å². The molecule has 0 spiro atoms. The Morgan fingerprint density at radius 3 is 2.64 bits per heavy atom. The fraction of sp³-hybridized carbons (Fsp3) is 0.174. The summed E-state index contributed by atoms with van der Waals surface area (Å²) in [6, 6.07) is 14.5. The van der Waals surface area contributed by atoms with Gasteiger partial charge in [0, 0.05) is 11.6 Å². The Kier molecular flexibility index (Phi) is 6.45. The third-order valence-corrected chi connectivity index (χ3v) is 5.40. The van der Waals surface area contributed by atoms with E-state index in [1.54, 1.807) is 55.5 Å². The summed E-state index contributed by atoms with van der Waals surface area (Å²) in [6.45, 7) is 3.99. The number of aryl methyl sites for hydroxylation is 1. The Bertz CT molecular complexity index is 1380. The Hall–Kier alpha value is -4.05. The highest BCUT2D eigenvalue weighted by Crippen LogP contribution is 2.19. The van der Waals surface area contributed by atoms with Crippen LogP contribution >= 0.6 is 11.3 Å². The van der Waals surface area contributed by atoms with Crippen LogP contribution in [0.25, 0.3) is 4.96 Å². The second-order valence-corrected chi connectivity index (χ2v) is 8.09. The van der Waals surface area contributed by atoms with E-state index in [4.69, 9.17) is 9.47 Å². The topological polar surface area (TPSA) is 112 Å². The van der Waals surface area contributed by atoms with Crippen molar-refractivity contribution in [1.82, 2.24) is 14.6 Å². The highest BCUT2D eigenvalue weighted by Gasteiger charge is 2.16. The first kappa shape index (κ1) is 22.2. The maximum atomic E-state index is 12.7. The molecule has 0 fully saturated rings. The minimum absolute atomic E-state index is 0.184. The minimum atomic E-state index is -0.653. The average Bonchev–Trinajstić information content (AvgIpc) is 3.19. The number of carbonyl (C=O) groups is 2. The van der Waals surface area contributed by atoms with Gasteiger partial charge in [0.1, 0.15) is 17.4 Å². The molecule has 0 saturated heterocycles. The van der Waals surface area contributed by atoms with Crippen molar-refractivity contribution in [3.8, 4) is 5.75 Å². The number of fused-ring (bicyclic) bond motifs is 1. The molecule has 0 unspecified atom stereocenters. The standard InChI is InChI=1S/C23H20N4O5S/c1-3-31-17-10-8-15(9-11-17)21(29)25-19-7-5-4-6-18(19)22(30)32-13-16-12-20(28)27-23(24-16)33-14(2)26-27/h4-12H,3,13H2,1-2H3,(H,25,29). The Balaban J connectivity index is 1.47. The molecule has 33 heavy (non-hydrogen) atoms. The highest BCUT2D eigenvalue weighted by molar-refractivity contribution is 7.16. The molecule has 4 rings (SSSR count). The molecule has 0 aliphatic rings. The van der Waals surface area contributed by atoms with Crippen LogP contribution in [0.4, 0.5) is 5.69 Å². The van der Waals surface area contributed by atoms with E-state index >= 15 is 0 Å². The van der Waals surface area contributed by atoms with Crippen molar-refractivity contribution in [2.75, 3.05) is 11.9 Å². The van der Waals surface area contributed by atoms with Crippen LogP contribution < -0.4 is 15.6 Å². The lowest BCUT2D eigenvalue weighted by atomic mass is 10.1. The van der Waals surface area contributed by atoms with Gasteiger partial charge in [0.05, 0.1) is 23.6 Å². The van der Waals surface area contributed by atoms with Crippen molar-refractivity contribution < 1.29 is 19.1 Å². The molecule has 0 radical (unpaired) electrons.